The second kappa shape index (κ2) is 7.36. The number of rotatable bonds is 5. The molecule has 0 heterocycles. The topological polar surface area (TPSA) is 35.2 Å². The number of benzene rings is 1. The van der Waals surface area contributed by atoms with Crippen molar-refractivity contribution in [1.82, 2.24) is 0 Å². The number of nitrogens with two attached hydrogens (primary N) is 1. The van der Waals surface area contributed by atoms with Gasteiger partial charge < -0.3 is 10.5 Å². The molecule has 0 amide bonds. The highest BCUT2D eigenvalue weighted by Crippen LogP contribution is 2.21. The van der Waals surface area contributed by atoms with Gasteiger partial charge in [0.25, 0.3) is 0 Å². The Labute approximate surface area is 110 Å². The van der Waals surface area contributed by atoms with Crippen molar-refractivity contribution < 1.29 is 4.74 Å². The van der Waals surface area contributed by atoms with Crippen LogP contribution in [0.25, 0.3) is 0 Å². The van der Waals surface area contributed by atoms with E-state index in [0.717, 1.165) is 23.3 Å². The molecule has 0 fully saturated rings. The zero-order valence-corrected chi connectivity index (χ0v) is 11.6. The van der Waals surface area contributed by atoms with Crippen LogP contribution in [-0.2, 0) is 0 Å². The van der Waals surface area contributed by atoms with Gasteiger partial charge in [0.2, 0.25) is 0 Å². The summed E-state index contributed by atoms with van der Waals surface area (Å²) in [7, 11) is 0. The molecular formula is C14H22ClNO. The maximum atomic E-state index is 6.05. The van der Waals surface area contributed by atoms with Gasteiger partial charge in [-0.1, -0.05) is 17.7 Å². The predicted octanol–water partition coefficient (Wildman–Crippen LogP) is 3.86. The zero-order chi connectivity index (χ0) is 12.1. The average molecular weight is 256 g/mol. The van der Waals surface area contributed by atoms with Crippen molar-refractivity contribution in [1.29, 1.82) is 0 Å². The number of hydrogen-bond donors (Lipinski definition) is 1. The van der Waals surface area contributed by atoms with Crippen LogP contribution in [0.4, 0.5) is 0 Å². The van der Waals surface area contributed by atoms with E-state index in [2.05, 4.69) is 6.58 Å². The van der Waals surface area contributed by atoms with Crippen molar-refractivity contribution in [2.24, 2.45) is 5.73 Å². The van der Waals surface area contributed by atoms with E-state index in [0.29, 0.717) is 0 Å². The van der Waals surface area contributed by atoms with Gasteiger partial charge in [-0.15, -0.1) is 19.0 Å². The molecule has 1 atom stereocenters. The monoisotopic (exact) mass is 255 g/mol. The maximum Gasteiger partial charge on any atom is 0.119 e. The first-order valence-electron chi connectivity index (χ1n) is 5.65. The summed E-state index contributed by atoms with van der Waals surface area (Å²) in [6, 6.07) is 8.00. The predicted molar refractivity (Wildman–Crippen MR) is 75.8 cm³/mol. The van der Waals surface area contributed by atoms with Gasteiger partial charge in [0.05, 0.1) is 6.10 Å². The zero-order valence-electron chi connectivity index (χ0n) is 10.8. The molecule has 1 rings (SSSR count). The lowest BCUT2D eigenvalue weighted by Crippen LogP contribution is -2.10. The Morgan fingerprint density at radius 1 is 1.29 bits per heavy atom. The SMILES string of the molecule is C=C(C)CC(N)c1ccc(OC(C)C)cc1.Cl. The van der Waals surface area contributed by atoms with Gasteiger partial charge in [-0.25, -0.2) is 0 Å². The van der Waals surface area contributed by atoms with Gasteiger partial charge in [0.15, 0.2) is 0 Å². The van der Waals surface area contributed by atoms with E-state index >= 15 is 0 Å². The molecule has 0 aliphatic heterocycles. The third-order valence-electron chi connectivity index (χ3n) is 2.25. The molecule has 3 heteroatoms. The van der Waals surface area contributed by atoms with E-state index in [1.165, 1.54) is 0 Å². The summed E-state index contributed by atoms with van der Waals surface area (Å²) >= 11 is 0. The molecule has 0 saturated heterocycles. The van der Waals surface area contributed by atoms with E-state index in [-0.39, 0.29) is 24.6 Å². The molecule has 2 N–H and O–H groups in total. The van der Waals surface area contributed by atoms with Gasteiger partial charge in [-0.05, 0) is 44.9 Å². The van der Waals surface area contributed by atoms with Gasteiger partial charge in [-0.2, -0.15) is 0 Å². The summed E-state index contributed by atoms with van der Waals surface area (Å²) in [6.45, 7) is 9.90. The van der Waals surface area contributed by atoms with Crippen LogP contribution in [0.2, 0.25) is 0 Å². The van der Waals surface area contributed by atoms with Crippen LogP contribution in [0.3, 0.4) is 0 Å². The Balaban J connectivity index is 0.00000256. The largest absolute Gasteiger partial charge is 0.491 e. The van der Waals surface area contributed by atoms with Crippen LogP contribution in [-0.4, -0.2) is 6.10 Å². The fourth-order valence-corrected chi connectivity index (χ4v) is 1.56. The lowest BCUT2D eigenvalue weighted by Gasteiger charge is -2.14. The molecule has 0 saturated carbocycles. The molecule has 0 spiro atoms. The van der Waals surface area contributed by atoms with Crippen molar-refractivity contribution >= 4 is 12.4 Å². The van der Waals surface area contributed by atoms with Gasteiger partial charge in [0, 0.05) is 6.04 Å². The van der Waals surface area contributed by atoms with Crippen molar-refractivity contribution in [3.05, 3.63) is 42.0 Å². The van der Waals surface area contributed by atoms with E-state index in [4.69, 9.17) is 10.5 Å². The quantitative estimate of drug-likeness (QED) is 0.811. The fourth-order valence-electron chi connectivity index (χ4n) is 1.56. The number of ether oxygens (including phenoxy) is 1. The molecule has 1 aromatic rings. The van der Waals surface area contributed by atoms with Crippen LogP contribution in [0.5, 0.6) is 5.75 Å². The summed E-state index contributed by atoms with van der Waals surface area (Å²) < 4.78 is 5.57. The van der Waals surface area contributed by atoms with Gasteiger partial charge in [-0.3, -0.25) is 0 Å². The van der Waals surface area contributed by atoms with Crippen molar-refractivity contribution in [2.45, 2.75) is 39.3 Å². The van der Waals surface area contributed by atoms with Crippen molar-refractivity contribution in [3.63, 3.8) is 0 Å². The van der Waals surface area contributed by atoms with Crippen molar-refractivity contribution in [3.8, 4) is 5.75 Å². The minimum atomic E-state index is 0. The second-order valence-corrected chi connectivity index (χ2v) is 4.50. The Bertz CT molecular complexity index is 346. The minimum Gasteiger partial charge on any atom is -0.491 e. The Morgan fingerprint density at radius 3 is 2.24 bits per heavy atom. The average Bonchev–Trinajstić information content (AvgIpc) is 2.16. The van der Waals surface area contributed by atoms with Crippen molar-refractivity contribution in [2.75, 3.05) is 0 Å². The highest BCUT2D eigenvalue weighted by Gasteiger charge is 2.06. The molecule has 1 unspecified atom stereocenters. The van der Waals surface area contributed by atoms with Gasteiger partial charge >= 0.3 is 0 Å². The fraction of sp³-hybridized carbons (Fsp3) is 0.429. The molecule has 0 aliphatic carbocycles. The highest BCUT2D eigenvalue weighted by atomic mass is 35.5. The van der Waals surface area contributed by atoms with Crippen LogP contribution in [0.1, 0.15) is 38.8 Å². The first-order valence-corrected chi connectivity index (χ1v) is 5.65. The second-order valence-electron chi connectivity index (χ2n) is 4.50. The summed E-state index contributed by atoms with van der Waals surface area (Å²) in [5.74, 6) is 0.890. The van der Waals surface area contributed by atoms with Crippen LogP contribution >= 0.6 is 12.4 Å². The third kappa shape index (κ3) is 5.76. The lowest BCUT2D eigenvalue weighted by atomic mass is 10.0. The Morgan fingerprint density at radius 2 is 1.82 bits per heavy atom. The Hall–Kier alpha value is -0.990. The number of halogens is 1. The molecular weight excluding hydrogens is 234 g/mol. The number of hydrogen-bond acceptors (Lipinski definition) is 2. The van der Waals surface area contributed by atoms with E-state index in [1.54, 1.807) is 0 Å². The van der Waals surface area contributed by atoms with E-state index < -0.39 is 0 Å². The standard InChI is InChI=1S/C14H21NO.ClH/c1-10(2)9-14(15)12-5-7-13(8-6-12)16-11(3)4;/h5-8,11,14H,1,9,15H2,2-4H3;1H. The summed E-state index contributed by atoms with van der Waals surface area (Å²) in [5, 5.41) is 0. The molecule has 2 nitrogen and oxygen atoms in total. The van der Waals surface area contributed by atoms with E-state index in [1.807, 2.05) is 45.0 Å². The maximum absolute atomic E-state index is 6.05. The summed E-state index contributed by atoms with van der Waals surface area (Å²) in [6.07, 6.45) is 1.03. The molecule has 0 aliphatic rings. The summed E-state index contributed by atoms with van der Waals surface area (Å²) in [4.78, 5) is 0. The first kappa shape index (κ1) is 16.0. The Kier molecular flexibility index (Phi) is 6.93. The first-order chi connectivity index (χ1) is 7.49. The highest BCUT2D eigenvalue weighted by molar-refractivity contribution is 5.85. The van der Waals surface area contributed by atoms with Crippen LogP contribution in [0.15, 0.2) is 36.4 Å². The lowest BCUT2D eigenvalue weighted by molar-refractivity contribution is 0.242. The molecule has 96 valence electrons. The summed E-state index contributed by atoms with van der Waals surface area (Å²) in [5.41, 5.74) is 8.28. The van der Waals surface area contributed by atoms with Crippen LogP contribution < -0.4 is 10.5 Å². The minimum absolute atomic E-state index is 0. The van der Waals surface area contributed by atoms with Gasteiger partial charge in [0.1, 0.15) is 5.75 Å². The molecule has 17 heavy (non-hydrogen) atoms. The van der Waals surface area contributed by atoms with E-state index in [9.17, 15) is 0 Å². The molecule has 0 radical (unpaired) electrons. The smallest absolute Gasteiger partial charge is 0.119 e. The normalized spacial score (nSPS) is 11.8. The van der Waals surface area contributed by atoms with Crippen LogP contribution in [0, 0.1) is 0 Å². The molecule has 1 aromatic carbocycles. The molecule has 0 aromatic heterocycles. The third-order valence-corrected chi connectivity index (χ3v) is 2.25. The molecule has 0 bridgehead atoms.